The Labute approximate surface area is 176 Å². The highest BCUT2D eigenvalue weighted by Crippen LogP contribution is 2.27. The van der Waals surface area contributed by atoms with Crippen molar-refractivity contribution in [3.8, 4) is 16.3 Å². The monoisotopic (exact) mass is 415 g/mol. The molecule has 3 N–H and O–H groups in total. The van der Waals surface area contributed by atoms with Crippen LogP contribution in [0.1, 0.15) is 11.1 Å². The zero-order valence-electron chi connectivity index (χ0n) is 15.7. The van der Waals surface area contributed by atoms with Crippen molar-refractivity contribution in [1.82, 2.24) is 15.6 Å². The van der Waals surface area contributed by atoms with Gasteiger partial charge in [0, 0.05) is 16.7 Å². The predicted molar refractivity (Wildman–Crippen MR) is 118 cm³/mol. The molecule has 0 bridgehead atoms. The number of aromatic nitrogens is 2. The number of carbonyl (C=O) groups is 1. The maximum Gasteiger partial charge on any atom is 0.341 e. The standard InChI is InChI=1S/C22H17N5O2S/c28-18-13-11-17(12-14-18)20-25-27-22(30-20)23-21(29)26-24-19(15-7-3-1-4-8-15)16-9-5-2-6-10-16/h1-14,28H,(H2,23,26,27,29). The summed E-state index contributed by atoms with van der Waals surface area (Å²) < 4.78 is 0. The van der Waals surface area contributed by atoms with Gasteiger partial charge in [0.1, 0.15) is 10.8 Å². The van der Waals surface area contributed by atoms with Crippen LogP contribution in [0.3, 0.4) is 0 Å². The highest BCUT2D eigenvalue weighted by atomic mass is 32.1. The number of benzene rings is 3. The van der Waals surface area contributed by atoms with Crippen molar-refractivity contribution >= 4 is 28.2 Å². The average molecular weight is 415 g/mol. The van der Waals surface area contributed by atoms with Gasteiger partial charge >= 0.3 is 6.03 Å². The van der Waals surface area contributed by atoms with Gasteiger partial charge in [0.25, 0.3) is 0 Å². The highest BCUT2D eigenvalue weighted by molar-refractivity contribution is 7.18. The van der Waals surface area contributed by atoms with Crippen LogP contribution in [0.2, 0.25) is 0 Å². The molecule has 148 valence electrons. The lowest BCUT2D eigenvalue weighted by atomic mass is 10.0. The number of aromatic hydroxyl groups is 1. The first kappa shape index (κ1) is 19.3. The van der Waals surface area contributed by atoms with E-state index in [1.807, 2.05) is 60.7 Å². The van der Waals surface area contributed by atoms with Crippen LogP contribution in [0.5, 0.6) is 5.75 Å². The van der Waals surface area contributed by atoms with E-state index < -0.39 is 6.03 Å². The van der Waals surface area contributed by atoms with Gasteiger partial charge in [-0.3, -0.25) is 5.32 Å². The van der Waals surface area contributed by atoms with Crippen LogP contribution in [-0.2, 0) is 0 Å². The second kappa shape index (κ2) is 8.97. The van der Waals surface area contributed by atoms with Crippen molar-refractivity contribution in [2.75, 3.05) is 5.32 Å². The van der Waals surface area contributed by atoms with Gasteiger partial charge < -0.3 is 5.11 Å². The van der Waals surface area contributed by atoms with Crippen molar-refractivity contribution in [2.24, 2.45) is 5.10 Å². The van der Waals surface area contributed by atoms with E-state index in [1.54, 1.807) is 24.3 Å². The minimum Gasteiger partial charge on any atom is -0.508 e. The second-order valence-corrected chi connectivity index (χ2v) is 7.20. The van der Waals surface area contributed by atoms with Crippen LogP contribution in [0.4, 0.5) is 9.93 Å². The van der Waals surface area contributed by atoms with Gasteiger partial charge in [0.2, 0.25) is 5.13 Å². The van der Waals surface area contributed by atoms with Crippen LogP contribution in [0, 0.1) is 0 Å². The SMILES string of the molecule is O=C(NN=C(c1ccccc1)c1ccccc1)Nc1nnc(-c2ccc(O)cc2)s1. The first-order valence-corrected chi connectivity index (χ1v) is 9.89. The molecule has 2 amide bonds. The number of carbonyl (C=O) groups excluding carboxylic acids is 1. The Morgan fingerprint density at radius 1 is 0.833 bits per heavy atom. The van der Waals surface area contributed by atoms with Crippen molar-refractivity contribution in [3.05, 3.63) is 96.1 Å². The molecule has 0 aliphatic rings. The van der Waals surface area contributed by atoms with Crippen molar-refractivity contribution < 1.29 is 9.90 Å². The van der Waals surface area contributed by atoms with E-state index >= 15 is 0 Å². The normalized spacial score (nSPS) is 10.3. The number of nitrogens with one attached hydrogen (secondary N) is 2. The average Bonchev–Trinajstić information content (AvgIpc) is 3.24. The quantitative estimate of drug-likeness (QED) is 0.330. The lowest BCUT2D eigenvalue weighted by Crippen LogP contribution is -2.26. The summed E-state index contributed by atoms with van der Waals surface area (Å²) in [4.78, 5) is 12.3. The van der Waals surface area contributed by atoms with Gasteiger partial charge in [-0.25, -0.2) is 10.2 Å². The Morgan fingerprint density at radius 2 is 1.43 bits per heavy atom. The van der Waals surface area contributed by atoms with Gasteiger partial charge in [-0.05, 0) is 24.3 Å². The summed E-state index contributed by atoms with van der Waals surface area (Å²) in [5.74, 6) is 0.173. The van der Waals surface area contributed by atoms with Gasteiger partial charge in [-0.1, -0.05) is 72.0 Å². The van der Waals surface area contributed by atoms with Gasteiger partial charge in [0.15, 0.2) is 0 Å². The van der Waals surface area contributed by atoms with Crippen LogP contribution < -0.4 is 10.7 Å². The lowest BCUT2D eigenvalue weighted by Gasteiger charge is -2.08. The number of anilines is 1. The molecule has 3 aromatic carbocycles. The molecule has 0 saturated carbocycles. The summed E-state index contributed by atoms with van der Waals surface area (Å²) in [6, 6.07) is 25.3. The molecule has 0 unspecified atom stereocenters. The molecule has 0 saturated heterocycles. The fraction of sp³-hybridized carbons (Fsp3) is 0. The fourth-order valence-electron chi connectivity index (χ4n) is 2.71. The number of hydrogen-bond donors (Lipinski definition) is 3. The Balaban J connectivity index is 1.48. The molecule has 0 aliphatic carbocycles. The van der Waals surface area contributed by atoms with Crippen LogP contribution in [0.25, 0.3) is 10.6 Å². The number of hydrogen-bond acceptors (Lipinski definition) is 6. The summed E-state index contributed by atoms with van der Waals surface area (Å²) >= 11 is 1.22. The summed E-state index contributed by atoms with van der Waals surface area (Å²) in [6.07, 6.45) is 0. The number of phenols is 1. The molecule has 0 radical (unpaired) electrons. The molecule has 0 spiro atoms. The van der Waals surface area contributed by atoms with Crippen LogP contribution >= 0.6 is 11.3 Å². The van der Waals surface area contributed by atoms with E-state index in [1.165, 1.54) is 11.3 Å². The van der Waals surface area contributed by atoms with Gasteiger partial charge in [-0.15, -0.1) is 10.2 Å². The maximum atomic E-state index is 12.3. The smallest absolute Gasteiger partial charge is 0.341 e. The largest absolute Gasteiger partial charge is 0.508 e. The molecule has 0 fully saturated rings. The molecule has 4 rings (SSSR count). The van der Waals surface area contributed by atoms with E-state index in [2.05, 4.69) is 26.0 Å². The molecular formula is C22H17N5O2S. The van der Waals surface area contributed by atoms with Crippen molar-refractivity contribution in [3.63, 3.8) is 0 Å². The number of nitrogens with zero attached hydrogens (tertiary/aromatic N) is 3. The third-order valence-electron chi connectivity index (χ3n) is 4.12. The van der Waals surface area contributed by atoms with E-state index in [-0.39, 0.29) is 5.75 Å². The summed E-state index contributed by atoms with van der Waals surface area (Å²) in [6.45, 7) is 0. The van der Waals surface area contributed by atoms with E-state index in [0.29, 0.717) is 15.9 Å². The first-order chi connectivity index (χ1) is 14.7. The lowest BCUT2D eigenvalue weighted by molar-refractivity contribution is 0.252. The minimum absolute atomic E-state index is 0.173. The van der Waals surface area contributed by atoms with Crippen LogP contribution in [0.15, 0.2) is 90.0 Å². The van der Waals surface area contributed by atoms with E-state index in [0.717, 1.165) is 16.7 Å². The number of amides is 2. The maximum absolute atomic E-state index is 12.3. The Morgan fingerprint density at radius 3 is 2.03 bits per heavy atom. The van der Waals surface area contributed by atoms with Crippen LogP contribution in [-0.4, -0.2) is 27.0 Å². The minimum atomic E-state index is -0.521. The molecule has 0 aliphatic heterocycles. The molecular weight excluding hydrogens is 398 g/mol. The van der Waals surface area contributed by atoms with E-state index in [9.17, 15) is 9.90 Å². The third-order valence-corrected chi connectivity index (χ3v) is 5.01. The topological polar surface area (TPSA) is 99.5 Å². The molecule has 0 atom stereocenters. The molecule has 30 heavy (non-hydrogen) atoms. The fourth-order valence-corrected chi connectivity index (χ4v) is 3.46. The summed E-state index contributed by atoms with van der Waals surface area (Å²) in [7, 11) is 0. The second-order valence-electron chi connectivity index (χ2n) is 6.22. The van der Waals surface area contributed by atoms with Gasteiger partial charge in [0.05, 0.1) is 5.71 Å². The molecule has 8 heteroatoms. The molecule has 1 aromatic heterocycles. The summed E-state index contributed by atoms with van der Waals surface area (Å²) in [5.41, 5.74) is 5.74. The summed E-state index contributed by atoms with van der Waals surface area (Å²) in [5, 5.41) is 25.4. The molecule has 7 nitrogen and oxygen atoms in total. The van der Waals surface area contributed by atoms with Crippen molar-refractivity contribution in [2.45, 2.75) is 0 Å². The zero-order chi connectivity index (χ0) is 20.8. The van der Waals surface area contributed by atoms with Gasteiger partial charge in [-0.2, -0.15) is 5.10 Å². The molecule has 1 heterocycles. The predicted octanol–water partition coefficient (Wildman–Crippen LogP) is 4.48. The zero-order valence-corrected chi connectivity index (χ0v) is 16.5. The Bertz CT molecular complexity index is 1120. The number of phenolic OH excluding ortho intramolecular Hbond substituents is 1. The number of hydrazone groups is 1. The third kappa shape index (κ3) is 4.68. The Hall–Kier alpha value is -4.04. The first-order valence-electron chi connectivity index (χ1n) is 9.07. The highest BCUT2D eigenvalue weighted by Gasteiger charge is 2.11. The van der Waals surface area contributed by atoms with E-state index in [4.69, 9.17) is 0 Å². The van der Waals surface area contributed by atoms with Crippen molar-refractivity contribution in [1.29, 1.82) is 0 Å². The molecule has 4 aromatic rings. The number of urea groups is 1. The number of rotatable bonds is 5. The Kier molecular flexibility index (Phi) is 5.77.